The molecule has 0 saturated carbocycles. The summed E-state index contributed by atoms with van der Waals surface area (Å²) >= 11 is 0. The molecule has 0 fully saturated rings. The Morgan fingerprint density at radius 2 is 1.58 bits per heavy atom. The predicted molar refractivity (Wildman–Crippen MR) is 103 cm³/mol. The fraction of sp³-hybridized carbons (Fsp3) is 0.950. The van der Waals surface area contributed by atoms with Gasteiger partial charge >= 0.3 is 0 Å². The van der Waals surface area contributed by atoms with E-state index in [0.29, 0.717) is 25.0 Å². The van der Waals surface area contributed by atoms with Crippen LogP contribution in [0.25, 0.3) is 0 Å². The third kappa shape index (κ3) is 9.03. The van der Waals surface area contributed by atoms with E-state index in [4.69, 9.17) is 4.74 Å². The molecule has 0 rings (SSSR count). The Morgan fingerprint density at radius 3 is 2.00 bits per heavy atom. The molecule has 0 bridgehead atoms. The summed E-state index contributed by atoms with van der Waals surface area (Å²) in [5.41, 5.74) is -0.588. The summed E-state index contributed by atoms with van der Waals surface area (Å²) in [6, 6.07) is 0. The quantitative estimate of drug-likeness (QED) is 0.522. The maximum atomic E-state index is 13.1. The van der Waals surface area contributed by atoms with E-state index < -0.39 is 5.60 Å². The van der Waals surface area contributed by atoms with Crippen LogP contribution in [0.15, 0.2) is 0 Å². The van der Waals surface area contributed by atoms with Crippen LogP contribution in [0.5, 0.6) is 0 Å². The minimum Gasteiger partial charge on any atom is -0.360 e. The molecule has 0 aromatic rings. The first-order valence-corrected chi connectivity index (χ1v) is 9.43. The van der Waals surface area contributed by atoms with E-state index in [1.54, 1.807) is 0 Å². The van der Waals surface area contributed by atoms with E-state index in [1.807, 2.05) is 20.9 Å². The second-order valence-corrected chi connectivity index (χ2v) is 9.19. The van der Waals surface area contributed by atoms with E-state index in [2.05, 4.69) is 58.3 Å². The molecule has 0 spiro atoms. The van der Waals surface area contributed by atoms with Gasteiger partial charge in [-0.2, -0.15) is 0 Å². The van der Waals surface area contributed by atoms with Crippen LogP contribution in [0.1, 0.15) is 75.2 Å². The van der Waals surface area contributed by atoms with Gasteiger partial charge in [0, 0.05) is 12.1 Å². The molecular weight excluding hydrogens is 300 g/mol. The van der Waals surface area contributed by atoms with Crippen LogP contribution < -0.4 is 0 Å². The van der Waals surface area contributed by atoms with Crippen molar-refractivity contribution < 1.29 is 9.53 Å². The zero-order valence-electron chi connectivity index (χ0n) is 17.9. The van der Waals surface area contributed by atoms with E-state index in [1.165, 1.54) is 0 Å². The van der Waals surface area contributed by atoms with Crippen molar-refractivity contribution in [2.45, 2.75) is 86.3 Å². The molecule has 0 aromatic carbocycles. The number of carbonyl (C=O) groups is 1. The van der Waals surface area contributed by atoms with Gasteiger partial charge in [-0.15, -0.1) is 0 Å². The van der Waals surface area contributed by atoms with Crippen molar-refractivity contribution in [3.63, 3.8) is 0 Å². The van der Waals surface area contributed by atoms with Gasteiger partial charge in [0.25, 0.3) is 0 Å². The molecule has 0 heterocycles. The first kappa shape index (κ1) is 23.4. The van der Waals surface area contributed by atoms with Gasteiger partial charge < -0.3 is 9.64 Å². The molecule has 1 amide bonds. The summed E-state index contributed by atoms with van der Waals surface area (Å²) in [7, 11) is 2.02. The SMILES string of the molecule is CCN(C)COC(C)(C)CC(=O)N(CC(C)C)C(C)(C)CC(C)C. The lowest BCUT2D eigenvalue weighted by atomic mass is 9.89. The van der Waals surface area contributed by atoms with Gasteiger partial charge in [-0.1, -0.05) is 34.6 Å². The van der Waals surface area contributed by atoms with Gasteiger partial charge in [0.05, 0.1) is 18.8 Å². The molecule has 4 nitrogen and oxygen atoms in total. The molecule has 0 radical (unpaired) electrons. The lowest BCUT2D eigenvalue weighted by molar-refractivity contribution is -0.146. The Hall–Kier alpha value is -0.610. The maximum Gasteiger partial charge on any atom is 0.225 e. The third-order valence-electron chi connectivity index (χ3n) is 4.28. The summed E-state index contributed by atoms with van der Waals surface area (Å²) < 4.78 is 5.98. The first-order chi connectivity index (χ1) is 10.8. The van der Waals surface area contributed by atoms with Crippen LogP contribution >= 0.6 is 0 Å². The van der Waals surface area contributed by atoms with Crippen molar-refractivity contribution in [2.24, 2.45) is 11.8 Å². The molecule has 0 aliphatic heterocycles. The summed E-state index contributed by atoms with van der Waals surface area (Å²) in [5.74, 6) is 1.21. The summed E-state index contributed by atoms with van der Waals surface area (Å²) in [5, 5.41) is 0. The van der Waals surface area contributed by atoms with Crippen molar-refractivity contribution in [2.75, 3.05) is 26.9 Å². The largest absolute Gasteiger partial charge is 0.360 e. The molecule has 24 heavy (non-hydrogen) atoms. The van der Waals surface area contributed by atoms with E-state index >= 15 is 0 Å². The van der Waals surface area contributed by atoms with E-state index in [0.717, 1.165) is 19.5 Å². The Bertz CT molecular complexity index is 376. The van der Waals surface area contributed by atoms with Crippen molar-refractivity contribution in [1.29, 1.82) is 0 Å². The highest BCUT2D eigenvalue weighted by atomic mass is 16.5. The first-order valence-electron chi connectivity index (χ1n) is 9.43. The molecule has 0 aromatic heterocycles. The van der Waals surface area contributed by atoms with Gasteiger partial charge in [-0.3, -0.25) is 9.69 Å². The number of nitrogens with zero attached hydrogens (tertiary/aromatic N) is 2. The Labute approximate surface area is 150 Å². The number of rotatable bonds is 11. The van der Waals surface area contributed by atoms with Crippen LogP contribution in [0, 0.1) is 11.8 Å². The maximum absolute atomic E-state index is 13.1. The standard InChI is InChI=1S/C20H42N2O2/c1-11-21(10)15-24-20(8,9)13-18(23)22(14-17(4)5)19(6,7)12-16(2)3/h16-17H,11-15H2,1-10H3. The Morgan fingerprint density at radius 1 is 1.04 bits per heavy atom. The van der Waals surface area contributed by atoms with E-state index in [9.17, 15) is 4.79 Å². The smallest absolute Gasteiger partial charge is 0.225 e. The second-order valence-electron chi connectivity index (χ2n) is 9.19. The van der Waals surface area contributed by atoms with Crippen LogP contribution in [-0.4, -0.2) is 53.7 Å². The van der Waals surface area contributed by atoms with Crippen molar-refractivity contribution >= 4 is 5.91 Å². The molecule has 4 heteroatoms. The highest BCUT2D eigenvalue weighted by Gasteiger charge is 2.35. The fourth-order valence-corrected chi connectivity index (χ4v) is 3.05. The van der Waals surface area contributed by atoms with Gasteiger partial charge in [0.1, 0.15) is 0 Å². The zero-order chi connectivity index (χ0) is 19.1. The van der Waals surface area contributed by atoms with Gasteiger partial charge in [-0.25, -0.2) is 0 Å². The second kappa shape index (κ2) is 9.76. The van der Waals surface area contributed by atoms with Crippen LogP contribution in [0.4, 0.5) is 0 Å². The number of hydrogen-bond donors (Lipinski definition) is 0. The number of amides is 1. The van der Waals surface area contributed by atoms with E-state index in [-0.39, 0.29) is 11.4 Å². The van der Waals surface area contributed by atoms with Crippen LogP contribution in [0.2, 0.25) is 0 Å². The average Bonchev–Trinajstić information content (AvgIpc) is 2.39. The molecule has 0 atom stereocenters. The van der Waals surface area contributed by atoms with Gasteiger partial charge in [0.15, 0.2) is 0 Å². The van der Waals surface area contributed by atoms with Gasteiger partial charge in [0.2, 0.25) is 5.91 Å². The lowest BCUT2D eigenvalue weighted by Gasteiger charge is -2.42. The van der Waals surface area contributed by atoms with Crippen LogP contribution in [-0.2, 0) is 9.53 Å². The number of carbonyl (C=O) groups excluding carboxylic acids is 1. The predicted octanol–water partition coefficient (Wildman–Crippen LogP) is 4.39. The Balaban J connectivity index is 5.05. The normalized spacial score (nSPS) is 13.2. The highest BCUT2D eigenvalue weighted by molar-refractivity contribution is 5.78. The molecule has 0 aliphatic carbocycles. The van der Waals surface area contributed by atoms with Crippen molar-refractivity contribution in [1.82, 2.24) is 9.80 Å². The topological polar surface area (TPSA) is 32.8 Å². The van der Waals surface area contributed by atoms with Gasteiger partial charge in [-0.05, 0) is 59.5 Å². The molecule has 0 unspecified atom stereocenters. The summed E-state index contributed by atoms with van der Waals surface area (Å²) in [6.07, 6.45) is 1.42. The minimum absolute atomic E-state index is 0.133. The van der Waals surface area contributed by atoms with Crippen molar-refractivity contribution in [3.05, 3.63) is 0 Å². The zero-order valence-corrected chi connectivity index (χ0v) is 17.9. The minimum atomic E-state index is -0.455. The Kier molecular flexibility index (Phi) is 9.52. The van der Waals surface area contributed by atoms with Crippen LogP contribution in [0.3, 0.4) is 0 Å². The summed E-state index contributed by atoms with van der Waals surface area (Å²) in [4.78, 5) is 17.2. The monoisotopic (exact) mass is 342 g/mol. The van der Waals surface area contributed by atoms with Crippen molar-refractivity contribution in [3.8, 4) is 0 Å². The average molecular weight is 343 g/mol. The third-order valence-corrected chi connectivity index (χ3v) is 4.28. The summed E-state index contributed by atoms with van der Waals surface area (Å²) in [6.45, 7) is 21.5. The number of ether oxygens (including phenoxy) is 1. The number of hydrogen-bond acceptors (Lipinski definition) is 3. The highest BCUT2D eigenvalue weighted by Crippen LogP contribution is 2.27. The fourth-order valence-electron chi connectivity index (χ4n) is 3.05. The molecular formula is C20H42N2O2. The molecule has 0 N–H and O–H groups in total. The molecule has 0 saturated heterocycles. The molecule has 0 aliphatic rings. The molecule has 144 valence electrons. The lowest BCUT2D eigenvalue weighted by Crippen LogP contribution is -2.52.